The molecule has 200 valence electrons. The molecular formula is C30H42N4O3. The molecule has 2 aromatic carbocycles. The van der Waals surface area contributed by atoms with E-state index < -0.39 is 23.5 Å². The Morgan fingerprint density at radius 2 is 1.54 bits per heavy atom. The fraction of sp³-hybridized carbons (Fsp3) is 0.500. The zero-order valence-electron chi connectivity index (χ0n) is 22.8. The lowest BCUT2D eigenvalue weighted by Gasteiger charge is -2.36. The summed E-state index contributed by atoms with van der Waals surface area (Å²) in [5.74, 6) is -0.399. The fourth-order valence-electron chi connectivity index (χ4n) is 4.87. The number of likely N-dealkylation sites (N-methyl/N-ethyl adjacent to an activating group) is 1. The number of hydrogen-bond acceptors (Lipinski definition) is 4. The molecule has 0 radical (unpaired) electrons. The molecule has 1 saturated heterocycles. The minimum atomic E-state index is -0.718. The molecule has 0 aliphatic carbocycles. The lowest BCUT2D eigenvalue weighted by atomic mass is 9.85. The molecule has 1 heterocycles. The topological polar surface area (TPSA) is 90.5 Å². The van der Waals surface area contributed by atoms with E-state index in [1.807, 2.05) is 57.2 Å². The van der Waals surface area contributed by atoms with Crippen LogP contribution in [0, 0.1) is 5.41 Å². The van der Waals surface area contributed by atoms with Crippen molar-refractivity contribution in [2.45, 2.75) is 71.0 Å². The van der Waals surface area contributed by atoms with Gasteiger partial charge in [-0.25, -0.2) is 0 Å². The summed E-state index contributed by atoms with van der Waals surface area (Å²) in [4.78, 5) is 41.1. The van der Waals surface area contributed by atoms with Crippen molar-refractivity contribution in [3.8, 4) is 0 Å². The molecule has 3 rings (SSSR count). The number of carbonyl (C=O) groups is 3. The average Bonchev–Trinajstić information content (AvgIpc) is 3.39. The van der Waals surface area contributed by atoms with Crippen LogP contribution >= 0.6 is 0 Å². The van der Waals surface area contributed by atoms with Gasteiger partial charge in [0, 0.05) is 19.0 Å². The second kappa shape index (κ2) is 12.9. The number of likely N-dealkylation sites (tertiary alicyclic amines) is 1. The molecule has 1 aliphatic heterocycles. The molecule has 0 spiro atoms. The maximum atomic E-state index is 13.6. The van der Waals surface area contributed by atoms with Crippen molar-refractivity contribution in [1.29, 1.82) is 0 Å². The first-order valence-electron chi connectivity index (χ1n) is 13.3. The molecule has 3 N–H and O–H groups in total. The Hall–Kier alpha value is -3.19. The van der Waals surface area contributed by atoms with Gasteiger partial charge >= 0.3 is 0 Å². The number of rotatable bonds is 10. The highest BCUT2D eigenvalue weighted by atomic mass is 16.2. The number of nitrogens with zero attached hydrogens (tertiary/aromatic N) is 1. The summed E-state index contributed by atoms with van der Waals surface area (Å²) in [5.41, 5.74) is 1.92. The Bertz CT molecular complexity index is 996. The molecule has 7 nitrogen and oxygen atoms in total. The Morgan fingerprint density at radius 1 is 0.973 bits per heavy atom. The largest absolute Gasteiger partial charge is 0.354 e. The highest BCUT2D eigenvalue weighted by molar-refractivity contribution is 5.93. The van der Waals surface area contributed by atoms with Gasteiger partial charge in [-0.05, 0) is 49.8 Å². The molecule has 3 atom stereocenters. The van der Waals surface area contributed by atoms with E-state index in [0.29, 0.717) is 19.5 Å². The van der Waals surface area contributed by atoms with Gasteiger partial charge in [0.1, 0.15) is 12.1 Å². The Morgan fingerprint density at radius 3 is 2.05 bits per heavy atom. The first-order valence-corrected chi connectivity index (χ1v) is 13.3. The lowest BCUT2D eigenvalue weighted by molar-refractivity contribution is -0.144. The molecular weight excluding hydrogens is 464 g/mol. The highest BCUT2D eigenvalue weighted by Crippen LogP contribution is 2.28. The zero-order valence-corrected chi connectivity index (χ0v) is 22.8. The molecule has 3 amide bonds. The Balaban J connectivity index is 1.67. The van der Waals surface area contributed by atoms with Crippen LogP contribution in [-0.2, 0) is 14.4 Å². The van der Waals surface area contributed by atoms with E-state index in [4.69, 9.17) is 0 Å². The van der Waals surface area contributed by atoms with Crippen molar-refractivity contribution in [2.75, 3.05) is 20.1 Å². The van der Waals surface area contributed by atoms with Gasteiger partial charge in [-0.1, -0.05) is 81.4 Å². The van der Waals surface area contributed by atoms with Crippen molar-refractivity contribution < 1.29 is 14.4 Å². The summed E-state index contributed by atoms with van der Waals surface area (Å²) in [6.45, 7) is 8.56. The summed E-state index contributed by atoms with van der Waals surface area (Å²) in [7, 11) is 1.71. The maximum absolute atomic E-state index is 13.6. The molecule has 7 heteroatoms. The third-order valence-electron chi connectivity index (χ3n) is 7.20. The average molecular weight is 507 g/mol. The second-order valence-electron chi connectivity index (χ2n) is 11.0. The summed E-state index contributed by atoms with van der Waals surface area (Å²) in [5, 5.41) is 8.92. The molecule has 0 bridgehead atoms. The van der Waals surface area contributed by atoms with E-state index in [-0.39, 0.29) is 23.6 Å². The SMILES string of the molecule is CNC(C)C(=O)NC(C(=O)N1CCCC1C(=O)NCCC(c1ccccc1)c1ccccc1)C(C)(C)C. The van der Waals surface area contributed by atoms with Gasteiger partial charge < -0.3 is 20.9 Å². The fourth-order valence-corrected chi connectivity index (χ4v) is 4.87. The van der Waals surface area contributed by atoms with E-state index in [0.717, 1.165) is 12.8 Å². The second-order valence-corrected chi connectivity index (χ2v) is 11.0. The standard InChI is InChI=1S/C30H42N4O3/c1-21(31-5)27(35)33-26(30(2,3)4)29(37)34-20-12-17-25(34)28(36)32-19-18-24(22-13-8-6-9-14-22)23-15-10-7-11-16-23/h6-11,13-16,21,24-26,31H,12,17-20H2,1-5H3,(H,32,36)(H,33,35). The summed E-state index contributed by atoms with van der Waals surface area (Å²) in [6.07, 6.45) is 2.14. The van der Waals surface area contributed by atoms with Crippen molar-refractivity contribution >= 4 is 17.7 Å². The molecule has 0 aromatic heterocycles. The summed E-state index contributed by atoms with van der Waals surface area (Å²) in [6, 6.07) is 19.0. The quantitative estimate of drug-likeness (QED) is 0.460. The van der Waals surface area contributed by atoms with Gasteiger partial charge in [0.2, 0.25) is 17.7 Å². The molecule has 0 saturated carbocycles. The minimum absolute atomic E-state index is 0.131. The Labute approximate surface area is 221 Å². The highest BCUT2D eigenvalue weighted by Gasteiger charge is 2.42. The number of amides is 3. The van der Waals surface area contributed by atoms with Crippen molar-refractivity contribution in [2.24, 2.45) is 5.41 Å². The van der Waals surface area contributed by atoms with Crippen LogP contribution in [-0.4, -0.2) is 60.9 Å². The number of hydrogen-bond donors (Lipinski definition) is 3. The minimum Gasteiger partial charge on any atom is -0.354 e. The summed E-state index contributed by atoms with van der Waals surface area (Å²) < 4.78 is 0. The first kappa shape index (κ1) is 28.4. The number of nitrogens with one attached hydrogen (secondary N) is 3. The molecule has 3 unspecified atom stereocenters. The van der Waals surface area contributed by atoms with Crippen LogP contribution in [0.15, 0.2) is 60.7 Å². The van der Waals surface area contributed by atoms with E-state index in [1.54, 1.807) is 18.9 Å². The van der Waals surface area contributed by atoms with Crippen LogP contribution in [0.5, 0.6) is 0 Å². The van der Waals surface area contributed by atoms with E-state index in [9.17, 15) is 14.4 Å². The maximum Gasteiger partial charge on any atom is 0.246 e. The third-order valence-corrected chi connectivity index (χ3v) is 7.20. The van der Waals surface area contributed by atoms with Crippen molar-refractivity contribution in [3.05, 3.63) is 71.8 Å². The molecule has 37 heavy (non-hydrogen) atoms. The normalized spacial score (nSPS) is 17.4. The van der Waals surface area contributed by atoms with E-state index >= 15 is 0 Å². The van der Waals surface area contributed by atoms with Gasteiger partial charge in [-0.3, -0.25) is 14.4 Å². The van der Waals surface area contributed by atoms with Crippen LogP contribution in [0.4, 0.5) is 0 Å². The third kappa shape index (κ3) is 7.41. The van der Waals surface area contributed by atoms with Gasteiger partial charge in [0.05, 0.1) is 6.04 Å². The predicted molar refractivity (Wildman–Crippen MR) is 147 cm³/mol. The predicted octanol–water partition coefficient (Wildman–Crippen LogP) is 3.45. The van der Waals surface area contributed by atoms with Crippen molar-refractivity contribution in [1.82, 2.24) is 20.9 Å². The molecule has 2 aromatic rings. The Kier molecular flexibility index (Phi) is 9.86. The van der Waals surface area contributed by atoms with Gasteiger partial charge in [-0.15, -0.1) is 0 Å². The van der Waals surface area contributed by atoms with Gasteiger partial charge in [0.15, 0.2) is 0 Å². The van der Waals surface area contributed by atoms with E-state index in [2.05, 4.69) is 40.2 Å². The molecule has 1 aliphatic rings. The van der Waals surface area contributed by atoms with Crippen LogP contribution < -0.4 is 16.0 Å². The van der Waals surface area contributed by atoms with Gasteiger partial charge in [-0.2, -0.15) is 0 Å². The first-order chi connectivity index (χ1) is 17.6. The number of carbonyl (C=O) groups excluding carboxylic acids is 3. The summed E-state index contributed by atoms with van der Waals surface area (Å²) >= 11 is 0. The zero-order chi connectivity index (χ0) is 27.0. The van der Waals surface area contributed by atoms with E-state index in [1.165, 1.54) is 11.1 Å². The van der Waals surface area contributed by atoms with Gasteiger partial charge in [0.25, 0.3) is 0 Å². The number of benzene rings is 2. The molecule has 1 fully saturated rings. The van der Waals surface area contributed by atoms with Crippen molar-refractivity contribution in [3.63, 3.8) is 0 Å². The van der Waals surface area contributed by atoms with Crippen LogP contribution in [0.3, 0.4) is 0 Å². The van der Waals surface area contributed by atoms with Crippen LogP contribution in [0.25, 0.3) is 0 Å². The van der Waals surface area contributed by atoms with Crippen LogP contribution in [0.1, 0.15) is 64.0 Å². The monoisotopic (exact) mass is 506 g/mol. The smallest absolute Gasteiger partial charge is 0.246 e. The lowest BCUT2D eigenvalue weighted by Crippen LogP contribution is -2.59. The van der Waals surface area contributed by atoms with Crippen LogP contribution in [0.2, 0.25) is 0 Å².